The Balaban J connectivity index is 1.64. The van der Waals surface area contributed by atoms with Crippen LogP contribution < -0.4 is 5.32 Å². The smallest absolute Gasteiger partial charge is 0.345 e. The number of hydrogen-bond donors (Lipinski definition) is 1. The maximum absolute atomic E-state index is 12.2. The fourth-order valence-electron chi connectivity index (χ4n) is 3.82. The lowest BCUT2D eigenvalue weighted by atomic mass is 9.93. The summed E-state index contributed by atoms with van der Waals surface area (Å²) in [6.07, 6.45) is 8.38. The van der Waals surface area contributed by atoms with Crippen molar-refractivity contribution in [2.24, 2.45) is 0 Å². The Morgan fingerprint density at radius 2 is 1.90 bits per heavy atom. The lowest BCUT2D eigenvalue weighted by Gasteiger charge is -2.41. The van der Waals surface area contributed by atoms with Crippen LogP contribution in [0.15, 0.2) is 18.5 Å². The van der Waals surface area contributed by atoms with Crippen LogP contribution in [0.4, 0.5) is 14.7 Å². The van der Waals surface area contributed by atoms with Gasteiger partial charge in [0.1, 0.15) is 5.65 Å². The molecule has 1 aliphatic carbocycles. The Kier molecular flexibility index (Phi) is 7.38. The average molecular weight is 455 g/mol. The fourth-order valence-corrected chi connectivity index (χ4v) is 5.24. The normalized spacial score (nSPS) is 21.6. The Morgan fingerprint density at radius 1 is 1.23 bits per heavy atom. The first kappa shape index (κ1) is 24.1. The molecule has 6 nitrogen and oxygen atoms in total. The van der Waals surface area contributed by atoms with E-state index in [1.54, 1.807) is 13.1 Å². The van der Waals surface area contributed by atoms with Crippen LogP contribution in [0.25, 0.3) is 11.0 Å². The predicted molar refractivity (Wildman–Crippen MR) is 122 cm³/mol. The molecule has 3 rings (SSSR count). The lowest BCUT2D eigenvalue weighted by molar-refractivity contribution is -0.130. The topological polar surface area (TPSA) is 61.2 Å². The first-order chi connectivity index (χ1) is 14.5. The Labute approximate surface area is 184 Å². The second-order valence-electron chi connectivity index (χ2n) is 10.1. The van der Waals surface area contributed by atoms with Gasteiger partial charge in [0.05, 0.1) is 6.61 Å². The average Bonchev–Trinajstić information content (AvgIpc) is 3.09. The maximum atomic E-state index is 12.2. The number of rotatable bonds is 8. The van der Waals surface area contributed by atoms with E-state index in [2.05, 4.69) is 64.7 Å². The molecule has 2 aromatic rings. The third-order valence-corrected chi connectivity index (χ3v) is 11.1. The van der Waals surface area contributed by atoms with Crippen molar-refractivity contribution < 1.29 is 17.9 Å². The predicted octanol–water partition coefficient (Wildman–Crippen LogP) is 5.98. The fraction of sp³-hybridized carbons (Fsp3) is 0.727. The van der Waals surface area contributed by atoms with Crippen LogP contribution >= 0.6 is 0 Å². The van der Waals surface area contributed by atoms with Gasteiger partial charge in [0, 0.05) is 36.0 Å². The molecule has 0 aliphatic heterocycles. The zero-order valence-electron chi connectivity index (χ0n) is 19.5. The molecule has 2 heterocycles. The van der Waals surface area contributed by atoms with Crippen molar-refractivity contribution in [2.75, 3.05) is 11.9 Å². The number of nitrogens with zero attached hydrogens (tertiary/aromatic N) is 3. The summed E-state index contributed by atoms with van der Waals surface area (Å²) in [5, 5.41) is 4.24. The molecule has 1 unspecified atom stereocenters. The first-order valence-electron chi connectivity index (χ1n) is 11.1. The molecule has 0 amide bonds. The van der Waals surface area contributed by atoms with Crippen molar-refractivity contribution in [2.45, 2.75) is 96.3 Å². The van der Waals surface area contributed by atoms with Gasteiger partial charge in [-0.15, -0.1) is 0 Å². The van der Waals surface area contributed by atoms with Gasteiger partial charge >= 0.3 is 6.61 Å². The van der Waals surface area contributed by atoms with E-state index in [-0.39, 0.29) is 17.7 Å². The molecule has 0 radical (unpaired) electrons. The molecule has 1 fully saturated rings. The van der Waals surface area contributed by atoms with Gasteiger partial charge in [-0.05, 0) is 56.8 Å². The van der Waals surface area contributed by atoms with E-state index in [9.17, 15) is 8.78 Å². The molecule has 1 aliphatic rings. The summed E-state index contributed by atoms with van der Waals surface area (Å²) >= 11 is 0. The number of aromatic nitrogens is 3. The minimum absolute atomic E-state index is 0.113. The van der Waals surface area contributed by atoms with Crippen molar-refractivity contribution >= 4 is 25.3 Å². The summed E-state index contributed by atoms with van der Waals surface area (Å²) in [7, 11) is -1.75. The Hall–Kier alpha value is -1.58. The summed E-state index contributed by atoms with van der Waals surface area (Å²) in [6.45, 7) is 10.3. The highest BCUT2D eigenvalue weighted by molar-refractivity contribution is 6.74. The molecule has 1 saturated carbocycles. The first-order valence-corrected chi connectivity index (χ1v) is 14.0. The van der Waals surface area contributed by atoms with E-state index < -0.39 is 14.9 Å². The van der Waals surface area contributed by atoms with Crippen molar-refractivity contribution in [3.8, 4) is 0 Å². The number of ether oxygens (including phenoxy) is 1. The third-order valence-electron chi connectivity index (χ3n) is 6.61. The number of fused-ring (bicyclic) bond motifs is 1. The van der Waals surface area contributed by atoms with Crippen LogP contribution in [0.5, 0.6) is 0 Å². The van der Waals surface area contributed by atoms with Gasteiger partial charge in [-0.1, -0.05) is 20.8 Å². The zero-order valence-corrected chi connectivity index (χ0v) is 20.5. The summed E-state index contributed by atoms with van der Waals surface area (Å²) < 4.78 is 37.7. The van der Waals surface area contributed by atoms with Crippen molar-refractivity contribution in [3.05, 3.63) is 18.5 Å². The molecule has 1 N–H and O–H groups in total. The van der Waals surface area contributed by atoms with Gasteiger partial charge in [0.15, 0.2) is 8.32 Å². The van der Waals surface area contributed by atoms with E-state index >= 15 is 0 Å². The molecule has 2 aromatic heterocycles. The van der Waals surface area contributed by atoms with Gasteiger partial charge in [0.2, 0.25) is 5.95 Å². The maximum Gasteiger partial charge on any atom is 0.345 e. The minimum atomic E-state index is -2.78. The van der Waals surface area contributed by atoms with Crippen LogP contribution in [0.3, 0.4) is 0 Å². The Bertz CT molecular complexity index is 861. The van der Waals surface area contributed by atoms with Crippen molar-refractivity contribution in [1.29, 1.82) is 0 Å². The molecule has 0 aromatic carbocycles. The van der Waals surface area contributed by atoms with E-state index in [1.165, 1.54) is 0 Å². The van der Waals surface area contributed by atoms with Gasteiger partial charge in [0.25, 0.3) is 0 Å². The van der Waals surface area contributed by atoms with Crippen LogP contribution in [-0.2, 0) is 9.16 Å². The van der Waals surface area contributed by atoms with Crippen molar-refractivity contribution in [3.63, 3.8) is 0 Å². The molecule has 1 atom stereocenters. The highest BCUT2D eigenvalue weighted by Gasteiger charge is 2.40. The standard InChI is InChI=1S/C22H36F2N4O2Si/c1-15(14-29-20(23)24)26-21-25-13-16-11-12-28(19(16)27-21)17-7-9-18(10-8-17)30-31(5,6)22(2,3)4/h11-13,15,17-18,20H,7-10,14H2,1-6H3,(H,25,26,27). The second kappa shape index (κ2) is 9.50. The van der Waals surface area contributed by atoms with Crippen LogP contribution in [-0.4, -0.2) is 48.2 Å². The monoisotopic (exact) mass is 454 g/mol. The summed E-state index contributed by atoms with van der Waals surface area (Å²) in [5.74, 6) is 0.424. The number of anilines is 1. The zero-order chi connectivity index (χ0) is 22.8. The summed E-state index contributed by atoms with van der Waals surface area (Å²) in [6, 6.07) is 2.08. The largest absolute Gasteiger partial charge is 0.414 e. The molecule has 174 valence electrons. The van der Waals surface area contributed by atoms with Crippen LogP contribution in [0.1, 0.15) is 59.4 Å². The van der Waals surface area contributed by atoms with Gasteiger partial charge in [-0.3, -0.25) is 0 Å². The SMILES string of the molecule is CC(COC(F)F)Nc1ncc2ccn(C3CCC(O[Si](C)(C)C(C)(C)C)CC3)c2n1. The third kappa shape index (κ3) is 6.02. The second-order valence-corrected chi connectivity index (χ2v) is 14.9. The number of nitrogens with one attached hydrogen (secondary N) is 1. The van der Waals surface area contributed by atoms with Crippen LogP contribution in [0.2, 0.25) is 18.1 Å². The van der Waals surface area contributed by atoms with E-state index in [0.29, 0.717) is 18.1 Å². The summed E-state index contributed by atoms with van der Waals surface area (Å²) in [5.41, 5.74) is 0.869. The van der Waals surface area contributed by atoms with Gasteiger partial charge in [-0.25, -0.2) is 4.98 Å². The van der Waals surface area contributed by atoms with E-state index in [1.807, 2.05) is 6.07 Å². The van der Waals surface area contributed by atoms with E-state index in [4.69, 9.17) is 4.43 Å². The molecule has 9 heteroatoms. The molecule has 0 saturated heterocycles. The number of hydrogen-bond acceptors (Lipinski definition) is 5. The van der Waals surface area contributed by atoms with Crippen LogP contribution in [0, 0.1) is 0 Å². The number of halogens is 2. The molecular formula is C22H36F2N4O2Si. The van der Waals surface area contributed by atoms with E-state index in [0.717, 1.165) is 36.7 Å². The molecule has 0 spiro atoms. The van der Waals surface area contributed by atoms with Gasteiger partial charge < -0.3 is 19.0 Å². The minimum Gasteiger partial charge on any atom is -0.414 e. The highest BCUT2D eigenvalue weighted by atomic mass is 28.4. The molecule has 0 bridgehead atoms. The number of alkyl halides is 2. The quantitative estimate of drug-likeness (QED) is 0.498. The van der Waals surface area contributed by atoms with Gasteiger partial charge in [-0.2, -0.15) is 13.8 Å². The van der Waals surface area contributed by atoms with Crippen molar-refractivity contribution in [1.82, 2.24) is 14.5 Å². The highest BCUT2D eigenvalue weighted by Crippen LogP contribution is 2.40. The molecular weight excluding hydrogens is 418 g/mol. The lowest BCUT2D eigenvalue weighted by Crippen LogP contribution is -2.44. The molecule has 31 heavy (non-hydrogen) atoms. The summed E-state index contributed by atoms with van der Waals surface area (Å²) in [4.78, 5) is 8.98. The Morgan fingerprint density at radius 3 is 2.52 bits per heavy atom.